The minimum absolute atomic E-state index is 0.0733. The second-order valence-corrected chi connectivity index (χ2v) is 8.96. The van der Waals surface area contributed by atoms with Crippen LogP contribution in [0.4, 0.5) is 4.79 Å². The molecule has 0 radical (unpaired) electrons. The predicted octanol–water partition coefficient (Wildman–Crippen LogP) is 4.99. The third kappa shape index (κ3) is 4.29. The zero-order valence-electron chi connectivity index (χ0n) is 19.0. The van der Waals surface area contributed by atoms with Crippen LogP contribution in [-0.4, -0.2) is 47.4 Å². The zero-order valence-corrected chi connectivity index (χ0v) is 19.0. The molecule has 1 aliphatic heterocycles. The number of benzene rings is 3. The van der Waals surface area contributed by atoms with Crippen LogP contribution in [0.3, 0.4) is 0 Å². The van der Waals surface area contributed by atoms with Crippen LogP contribution in [0, 0.1) is 6.92 Å². The summed E-state index contributed by atoms with van der Waals surface area (Å²) in [5.74, 6) is -1.12. The van der Waals surface area contributed by atoms with Crippen molar-refractivity contribution >= 4 is 12.1 Å². The largest absolute Gasteiger partial charge is 0.480 e. The Hall–Kier alpha value is -3.64. The van der Waals surface area contributed by atoms with E-state index in [-0.39, 0.29) is 31.6 Å². The number of ether oxygens (including phenoxy) is 2. The van der Waals surface area contributed by atoms with E-state index in [2.05, 4.69) is 24.3 Å². The van der Waals surface area contributed by atoms with Crippen LogP contribution in [-0.2, 0) is 20.9 Å². The van der Waals surface area contributed by atoms with Crippen LogP contribution < -0.4 is 0 Å². The van der Waals surface area contributed by atoms with Gasteiger partial charge in [0.2, 0.25) is 0 Å². The first kappa shape index (κ1) is 22.2. The van der Waals surface area contributed by atoms with Gasteiger partial charge in [-0.15, -0.1) is 0 Å². The molecule has 5 rings (SSSR count). The van der Waals surface area contributed by atoms with Crippen molar-refractivity contribution in [3.63, 3.8) is 0 Å². The summed E-state index contributed by atoms with van der Waals surface area (Å²) in [6, 6.07) is 23.3. The molecule has 2 atom stereocenters. The van der Waals surface area contributed by atoms with Gasteiger partial charge in [-0.3, -0.25) is 4.90 Å². The molecule has 1 fully saturated rings. The van der Waals surface area contributed by atoms with Gasteiger partial charge in [0.05, 0.1) is 19.3 Å². The van der Waals surface area contributed by atoms with Gasteiger partial charge in [-0.25, -0.2) is 9.59 Å². The van der Waals surface area contributed by atoms with Crippen LogP contribution in [0.2, 0.25) is 0 Å². The number of aliphatic carboxylic acids is 1. The van der Waals surface area contributed by atoms with Crippen molar-refractivity contribution in [2.24, 2.45) is 0 Å². The maximum Gasteiger partial charge on any atom is 0.410 e. The smallest absolute Gasteiger partial charge is 0.410 e. The van der Waals surface area contributed by atoms with Crippen LogP contribution in [0.25, 0.3) is 11.1 Å². The number of carbonyl (C=O) groups is 2. The van der Waals surface area contributed by atoms with Crippen LogP contribution in [0.5, 0.6) is 0 Å². The molecular formula is C28H27NO5. The Kier molecular flexibility index (Phi) is 6.07. The molecule has 174 valence electrons. The molecule has 0 bridgehead atoms. The average molecular weight is 458 g/mol. The third-order valence-electron chi connectivity index (χ3n) is 6.72. The number of likely N-dealkylation sites (tertiary alicyclic amines) is 1. The van der Waals surface area contributed by atoms with Crippen LogP contribution in [0.15, 0.2) is 72.8 Å². The van der Waals surface area contributed by atoms with Gasteiger partial charge in [-0.05, 0) is 34.7 Å². The number of carbonyl (C=O) groups excluding carboxylic acids is 1. The lowest BCUT2D eigenvalue weighted by atomic mass is 9.98. The minimum atomic E-state index is -1.05. The lowest BCUT2D eigenvalue weighted by Gasteiger charge is -2.22. The molecule has 3 aromatic rings. The van der Waals surface area contributed by atoms with Crippen molar-refractivity contribution in [3.8, 4) is 11.1 Å². The van der Waals surface area contributed by atoms with E-state index in [0.717, 1.165) is 33.4 Å². The molecule has 6 heteroatoms. The summed E-state index contributed by atoms with van der Waals surface area (Å²) in [5, 5.41) is 9.70. The monoisotopic (exact) mass is 457 g/mol. The molecule has 1 heterocycles. The molecule has 1 amide bonds. The van der Waals surface area contributed by atoms with Gasteiger partial charge >= 0.3 is 12.1 Å². The third-order valence-corrected chi connectivity index (χ3v) is 6.72. The number of carboxylic acids is 1. The Labute approximate surface area is 198 Å². The van der Waals surface area contributed by atoms with Crippen molar-refractivity contribution in [1.82, 2.24) is 4.90 Å². The number of carboxylic acid groups (broad SMARTS) is 1. The molecule has 1 N–H and O–H groups in total. The van der Waals surface area contributed by atoms with Gasteiger partial charge in [-0.1, -0.05) is 78.4 Å². The Morgan fingerprint density at radius 3 is 2.18 bits per heavy atom. The predicted molar refractivity (Wildman–Crippen MR) is 128 cm³/mol. The number of hydrogen-bond acceptors (Lipinski definition) is 4. The summed E-state index contributed by atoms with van der Waals surface area (Å²) >= 11 is 0. The number of fused-ring (bicyclic) bond motifs is 3. The summed E-state index contributed by atoms with van der Waals surface area (Å²) < 4.78 is 11.6. The van der Waals surface area contributed by atoms with E-state index in [4.69, 9.17) is 9.47 Å². The zero-order chi connectivity index (χ0) is 23.7. The van der Waals surface area contributed by atoms with Crippen molar-refractivity contribution < 1.29 is 24.2 Å². The molecule has 6 nitrogen and oxygen atoms in total. The highest BCUT2D eigenvalue weighted by Gasteiger charge is 2.41. The highest BCUT2D eigenvalue weighted by molar-refractivity contribution is 5.81. The van der Waals surface area contributed by atoms with Crippen LogP contribution in [0.1, 0.15) is 34.6 Å². The maximum atomic E-state index is 13.0. The molecule has 34 heavy (non-hydrogen) atoms. The molecule has 0 unspecified atom stereocenters. The lowest BCUT2D eigenvalue weighted by molar-refractivity contribution is -0.141. The average Bonchev–Trinajstić information content (AvgIpc) is 3.42. The fraction of sp³-hybridized carbons (Fsp3) is 0.286. The molecular weight excluding hydrogens is 430 g/mol. The van der Waals surface area contributed by atoms with E-state index >= 15 is 0 Å². The van der Waals surface area contributed by atoms with E-state index in [9.17, 15) is 14.7 Å². The van der Waals surface area contributed by atoms with Gasteiger partial charge in [0, 0.05) is 12.3 Å². The Balaban J connectivity index is 1.25. The second-order valence-electron chi connectivity index (χ2n) is 8.96. The summed E-state index contributed by atoms with van der Waals surface area (Å²) in [7, 11) is 0. The second kappa shape index (κ2) is 9.31. The van der Waals surface area contributed by atoms with Crippen molar-refractivity contribution in [2.45, 2.75) is 38.0 Å². The first-order valence-electron chi connectivity index (χ1n) is 11.5. The van der Waals surface area contributed by atoms with Crippen molar-refractivity contribution in [1.29, 1.82) is 0 Å². The van der Waals surface area contributed by atoms with E-state index in [1.807, 2.05) is 55.5 Å². The number of aryl methyl sites for hydroxylation is 1. The summed E-state index contributed by atoms with van der Waals surface area (Å²) in [6.07, 6.45) is -0.732. The van der Waals surface area contributed by atoms with Gasteiger partial charge in [-0.2, -0.15) is 0 Å². The van der Waals surface area contributed by atoms with Crippen molar-refractivity contribution in [3.05, 3.63) is 95.1 Å². The first-order valence-corrected chi connectivity index (χ1v) is 11.5. The molecule has 1 aliphatic carbocycles. The van der Waals surface area contributed by atoms with Gasteiger partial charge in [0.1, 0.15) is 12.6 Å². The minimum Gasteiger partial charge on any atom is -0.480 e. The van der Waals surface area contributed by atoms with Crippen LogP contribution >= 0.6 is 0 Å². The summed E-state index contributed by atoms with van der Waals surface area (Å²) in [5.41, 5.74) is 6.70. The lowest BCUT2D eigenvalue weighted by Crippen LogP contribution is -2.41. The molecule has 0 saturated carbocycles. The normalized spacial score (nSPS) is 19.0. The quantitative estimate of drug-likeness (QED) is 0.565. The maximum absolute atomic E-state index is 13.0. The van der Waals surface area contributed by atoms with E-state index in [1.165, 1.54) is 4.90 Å². The van der Waals surface area contributed by atoms with E-state index in [0.29, 0.717) is 6.61 Å². The number of hydrogen-bond donors (Lipinski definition) is 1. The van der Waals surface area contributed by atoms with Gasteiger partial charge in [0.25, 0.3) is 0 Å². The van der Waals surface area contributed by atoms with Gasteiger partial charge in [0.15, 0.2) is 0 Å². The number of rotatable bonds is 6. The fourth-order valence-electron chi connectivity index (χ4n) is 4.93. The molecule has 3 aromatic carbocycles. The highest BCUT2D eigenvalue weighted by atomic mass is 16.6. The van der Waals surface area contributed by atoms with Crippen molar-refractivity contribution in [2.75, 3.05) is 13.2 Å². The number of amides is 1. The summed E-state index contributed by atoms with van der Waals surface area (Å²) in [4.78, 5) is 26.1. The van der Waals surface area contributed by atoms with E-state index < -0.39 is 18.1 Å². The fourth-order valence-corrected chi connectivity index (χ4v) is 4.93. The molecule has 0 aromatic heterocycles. The number of nitrogens with zero attached hydrogens (tertiary/aromatic N) is 1. The molecule has 2 aliphatic rings. The Morgan fingerprint density at radius 1 is 0.941 bits per heavy atom. The van der Waals surface area contributed by atoms with Gasteiger partial charge < -0.3 is 14.6 Å². The SMILES string of the molecule is Cc1ccc(CO[C@@H]2C[C@@H](C(=O)O)N(C(=O)OCC3c4ccccc4-c4ccccc43)C2)cc1. The highest BCUT2D eigenvalue weighted by Crippen LogP contribution is 2.44. The Morgan fingerprint density at radius 2 is 1.56 bits per heavy atom. The first-order chi connectivity index (χ1) is 16.5. The molecule has 0 spiro atoms. The van der Waals surface area contributed by atoms with E-state index in [1.54, 1.807) is 0 Å². The Bertz CT molecular complexity index is 1160. The summed E-state index contributed by atoms with van der Waals surface area (Å²) in [6.45, 7) is 2.74. The standard InChI is InChI=1S/C28H27NO5/c1-18-10-12-19(13-11-18)16-33-20-14-26(27(30)31)29(15-20)28(32)34-17-25-23-8-4-2-6-21(23)22-7-3-5-9-24(22)25/h2-13,20,25-26H,14-17H2,1H3,(H,30,31)/t20-,26+/m1/s1. The topological polar surface area (TPSA) is 76.1 Å². The molecule has 1 saturated heterocycles.